The van der Waals surface area contributed by atoms with Crippen LogP contribution in [0.15, 0.2) is 68.9 Å². The van der Waals surface area contributed by atoms with Gasteiger partial charge in [0.25, 0.3) is 11.8 Å². The molecule has 0 unspecified atom stereocenters. The van der Waals surface area contributed by atoms with Crippen LogP contribution in [0, 0.1) is 0 Å². The van der Waals surface area contributed by atoms with Crippen LogP contribution in [0.4, 0.5) is 0 Å². The summed E-state index contributed by atoms with van der Waals surface area (Å²) in [6.07, 6.45) is 0.548. The van der Waals surface area contributed by atoms with Gasteiger partial charge in [-0.05, 0) is 55.7 Å². The number of carbonyl (C=O) groups excluding carboxylic acids is 2. The van der Waals surface area contributed by atoms with Gasteiger partial charge in [-0.1, -0.05) is 24.3 Å². The van der Waals surface area contributed by atoms with Gasteiger partial charge < -0.3 is 33.6 Å². The van der Waals surface area contributed by atoms with Crippen LogP contribution in [0.2, 0.25) is 0 Å². The van der Waals surface area contributed by atoms with Crippen LogP contribution in [0.5, 0.6) is 0 Å². The lowest BCUT2D eigenvalue weighted by molar-refractivity contribution is 0.0951. The van der Waals surface area contributed by atoms with E-state index >= 15 is 0 Å². The Bertz CT molecular complexity index is 1080. The number of nitrogens with two attached hydrogens (primary N) is 4. The molecule has 0 saturated heterocycles. The van der Waals surface area contributed by atoms with Crippen LogP contribution in [0.25, 0.3) is 0 Å². The Morgan fingerprint density at radius 1 is 0.657 bits per heavy atom. The first-order chi connectivity index (χ1) is 16.7. The van der Waals surface area contributed by atoms with Crippen LogP contribution in [0.1, 0.15) is 52.1 Å². The number of nitrogens with zero attached hydrogens (tertiary/aromatic N) is 4. The van der Waals surface area contributed by atoms with Crippen molar-refractivity contribution in [3.05, 3.63) is 70.8 Å². The van der Waals surface area contributed by atoms with E-state index in [0.29, 0.717) is 42.1 Å². The van der Waals surface area contributed by atoms with Crippen molar-refractivity contribution >= 4 is 35.2 Å². The summed E-state index contributed by atoms with van der Waals surface area (Å²) in [6, 6.07) is 13.9. The van der Waals surface area contributed by atoms with Gasteiger partial charge in [-0.2, -0.15) is 10.2 Å². The van der Waals surface area contributed by atoms with Crippen LogP contribution >= 0.6 is 0 Å². The summed E-state index contributed by atoms with van der Waals surface area (Å²) < 4.78 is 0. The van der Waals surface area contributed by atoms with Gasteiger partial charge in [-0.25, -0.2) is 0 Å². The van der Waals surface area contributed by atoms with Gasteiger partial charge in [0.1, 0.15) is 0 Å². The van der Waals surface area contributed by atoms with Gasteiger partial charge in [-0.15, -0.1) is 10.2 Å². The molecule has 2 aromatic rings. The molecule has 0 aromatic heterocycles. The summed E-state index contributed by atoms with van der Waals surface area (Å²) in [6.45, 7) is 4.24. The van der Waals surface area contributed by atoms with Crippen LogP contribution in [-0.4, -0.2) is 48.2 Å². The molecular formula is C23H30N10O2. The van der Waals surface area contributed by atoms with E-state index < -0.39 is 0 Å². The third-order valence-electron chi connectivity index (χ3n) is 4.64. The molecule has 10 N–H and O–H groups in total. The van der Waals surface area contributed by atoms with E-state index in [9.17, 15) is 9.59 Å². The third-order valence-corrected chi connectivity index (χ3v) is 4.64. The number of benzene rings is 2. The maximum absolute atomic E-state index is 12.5. The monoisotopic (exact) mass is 478 g/mol. The Hall–Kier alpha value is -4.74. The molecule has 12 nitrogen and oxygen atoms in total. The zero-order valence-corrected chi connectivity index (χ0v) is 19.7. The van der Waals surface area contributed by atoms with Crippen molar-refractivity contribution in [1.29, 1.82) is 0 Å². The van der Waals surface area contributed by atoms with Crippen LogP contribution in [-0.2, 0) is 0 Å². The van der Waals surface area contributed by atoms with Crippen molar-refractivity contribution in [2.24, 2.45) is 43.3 Å². The lowest BCUT2D eigenvalue weighted by atomic mass is 10.1. The normalized spacial score (nSPS) is 11.4. The van der Waals surface area contributed by atoms with Gasteiger partial charge in [0.2, 0.25) is 11.9 Å². The molecule has 0 atom stereocenters. The van der Waals surface area contributed by atoms with Crippen molar-refractivity contribution in [3.63, 3.8) is 0 Å². The molecule has 0 radical (unpaired) electrons. The first-order valence-corrected chi connectivity index (χ1v) is 10.7. The highest BCUT2D eigenvalue weighted by Gasteiger charge is 2.09. The molecular weight excluding hydrogens is 448 g/mol. The highest BCUT2D eigenvalue weighted by Crippen LogP contribution is 2.08. The molecule has 184 valence electrons. The van der Waals surface area contributed by atoms with Crippen molar-refractivity contribution in [2.45, 2.75) is 20.3 Å². The number of guanidine groups is 2. The van der Waals surface area contributed by atoms with Gasteiger partial charge >= 0.3 is 0 Å². The predicted octanol–water partition coefficient (Wildman–Crippen LogP) is 0.231. The zero-order valence-electron chi connectivity index (χ0n) is 19.7. The number of rotatable bonds is 10. The average molecular weight is 479 g/mol. The molecule has 0 aliphatic heterocycles. The largest absolute Gasteiger partial charge is 0.369 e. The summed E-state index contributed by atoms with van der Waals surface area (Å²) in [5.41, 5.74) is 24.6. The molecule has 12 heteroatoms. The van der Waals surface area contributed by atoms with Gasteiger partial charge in [0.15, 0.2) is 0 Å². The molecule has 2 rings (SSSR count). The van der Waals surface area contributed by atoms with Gasteiger partial charge in [0.05, 0.1) is 11.4 Å². The number of carbonyl (C=O) groups is 2. The van der Waals surface area contributed by atoms with Crippen LogP contribution < -0.4 is 33.6 Å². The maximum atomic E-state index is 12.5. The highest BCUT2D eigenvalue weighted by molar-refractivity contribution is 6.03. The average Bonchev–Trinajstić information content (AvgIpc) is 2.85. The molecule has 0 fully saturated rings. The molecule has 0 aliphatic carbocycles. The number of amides is 2. The fourth-order valence-corrected chi connectivity index (χ4v) is 2.85. The van der Waals surface area contributed by atoms with Gasteiger partial charge in [-0.3, -0.25) is 9.59 Å². The summed E-state index contributed by atoms with van der Waals surface area (Å²) in [7, 11) is 0. The fraction of sp³-hybridized carbons (Fsp3) is 0.217. The highest BCUT2D eigenvalue weighted by atomic mass is 16.2. The molecule has 35 heavy (non-hydrogen) atoms. The quantitative estimate of drug-likeness (QED) is 0.122. The van der Waals surface area contributed by atoms with E-state index in [1.54, 1.807) is 62.4 Å². The Labute approximate surface area is 203 Å². The third kappa shape index (κ3) is 8.96. The minimum Gasteiger partial charge on any atom is -0.369 e. The van der Waals surface area contributed by atoms with E-state index in [0.717, 1.165) is 11.1 Å². The number of hydrogen-bond donors (Lipinski definition) is 6. The summed E-state index contributed by atoms with van der Waals surface area (Å²) in [5.74, 6) is -0.776. The molecule has 0 saturated carbocycles. The first-order valence-electron chi connectivity index (χ1n) is 10.7. The Morgan fingerprint density at radius 2 is 1.03 bits per heavy atom. The summed E-state index contributed by atoms with van der Waals surface area (Å²) >= 11 is 0. The molecule has 2 amide bonds. The van der Waals surface area contributed by atoms with Crippen molar-refractivity contribution in [1.82, 2.24) is 10.6 Å². The second kappa shape index (κ2) is 13.1. The van der Waals surface area contributed by atoms with Crippen molar-refractivity contribution < 1.29 is 9.59 Å². The predicted molar refractivity (Wildman–Crippen MR) is 138 cm³/mol. The molecule has 0 spiro atoms. The van der Waals surface area contributed by atoms with E-state index in [1.807, 2.05) is 0 Å². The topological polar surface area (TPSA) is 212 Å². The van der Waals surface area contributed by atoms with E-state index in [-0.39, 0.29) is 23.7 Å². The maximum Gasteiger partial charge on any atom is 0.251 e. The van der Waals surface area contributed by atoms with Crippen LogP contribution in [0.3, 0.4) is 0 Å². The van der Waals surface area contributed by atoms with Gasteiger partial charge in [0, 0.05) is 24.2 Å². The Morgan fingerprint density at radius 3 is 1.40 bits per heavy atom. The van der Waals surface area contributed by atoms with E-state index in [4.69, 9.17) is 22.9 Å². The second-order valence-corrected chi connectivity index (χ2v) is 7.45. The zero-order chi connectivity index (χ0) is 25.8. The molecule has 0 heterocycles. The SMILES string of the molecule is CC(=NN=C(N)N)c1cccc(C(=O)NCCCNC(=O)c2cccc(C(C)=NN=C(N)N)c2)c1. The molecule has 2 aromatic carbocycles. The molecule has 0 aliphatic rings. The minimum absolute atomic E-state index is 0.148. The second-order valence-electron chi connectivity index (χ2n) is 7.45. The number of nitrogens with one attached hydrogen (secondary N) is 2. The summed E-state index contributed by atoms with van der Waals surface area (Å²) in [5, 5.41) is 20.7. The smallest absolute Gasteiger partial charge is 0.251 e. The number of hydrogen-bond acceptors (Lipinski definition) is 6. The van der Waals surface area contributed by atoms with E-state index in [2.05, 4.69) is 31.0 Å². The minimum atomic E-state index is -0.240. The Balaban J connectivity index is 1.85. The van der Waals surface area contributed by atoms with Crippen molar-refractivity contribution in [3.8, 4) is 0 Å². The lowest BCUT2D eigenvalue weighted by Crippen LogP contribution is -2.30. The fourth-order valence-electron chi connectivity index (χ4n) is 2.85. The molecule has 0 bridgehead atoms. The Kier molecular flexibility index (Phi) is 9.91. The first kappa shape index (κ1) is 26.5. The lowest BCUT2D eigenvalue weighted by Gasteiger charge is -2.09. The standard InChI is InChI=1S/C23H30N10O2/c1-14(30-32-22(24)25)16-6-3-8-18(12-16)20(34)28-10-5-11-29-21(35)19-9-4-7-17(13-19)15(2)31-33-23(26)27/h3-4,6-9,12-13H,5,10-11H2,1-2H3,(H,28,34)(H,29,35)(H4,24,25,32)(H4,26,27,33). The van der Waals surface area contributed by atoms with Crippen molar-refractivity contribution in [2.75, 3.05) is 13.1 Å². The van der Waals surface area contributed by atoms with E-state index in [1.165, 1.54) is 0 Å². The summed E-state index contributed by atoms with van der Waals surface area (Å²) in [4.78, 5) is 24.9.